The summed E-state index contributed by atoms with van der Waals surface area (Å²) in [7, 11) is 1.52. The van der Waals surface area contributed by atoms with Gasteiger partial charge >= 0.3 is 0 Å². The lowest BCUT2D eigenvalue weighted by Crippen LogP contribution is -2.42. The van der Waals surface area contributed by atoms with Crippen LogP contribution in [0.1, 0.15) is 49.7 Å². The van der Waals surface area contributed by atoms with Crippen molar-refractivity contribution in [2.24, 2.45) is 5.92 Å². The van der Waals surface area contributed by atoms with E-state index in [2.05, 4.69) is 20.9 Å². The molecule has 0 spiro atoms. The highest BCUT2D eigenvalue weighted by Gasteiger charge is 2.28. The van der Waals surface area contributed by atoms with Gasteiger partial charge in [-0.3, -0.25) is 9.88 Å². The van der Waals surface area contributed by atoms with Crippen LogP contribution in [0.15, 0.2) is 42.7 Å². The Bertz CT molecular complexity index is 786. The number of benzene rings is 1. The zero-order chi connectivity index (χ0) is 20.8. The third-order valence-electron chi connectivity index (χ3n) is 6.76. The van der Waals surface area contributed by atoms with Crippen molar-refractivity contribution in [2.45, 2.75) is 57.7 Å². The fourth-order valence-corrected chi connectivity index (χ4v) is 5.13. The average molecular weight is 412 g/mol. The summed E-state index contributed by atoms with van der Waals surface area (Å²) in [5, 5.41) is 0. The topological polar surface area (TPSA) is 28.6 Å². The molecule has 2 heterocycles. The highest BCUT2D eigenvalue weighted by Crippen LogP contribution is 2.29. The molecule has 1 saturated heterocycles. The molecule has 1 aromatic heterocycles. The predicted octanol–water partition coefficient (Wildman–Crippen LogP) is 4.89. The normalized spacial score (nSPS) is 18.9. The first kappa shape index (κ1) is 21.3. The van der Waals surface area contributed by atoms with Crippen molar-refractivity contribution >= 4 is 0 Å². The van der Waals surface area contributed by atoms with E-state index in [-0.39, 0.29) is 5.82 Å². The number of piperidine rings is 1. The Hall–Kier alpha value is -1.98. The van der Waals surface area contributed by atoms with Crippen molar-refractivity contribution in [3.63, 3.8) is 0 Å². The lowest BCUT2D eigenvalue weighted by Gasteiger charge is -2.38. The summed E-state index contributed by atoms with van der Waals surface area (Å²) in [5.74, 6) is 0.722. The van der Waals surface area contributed by atoms with Crippen LogP contribution in [0.25, 0.3) is 0 Å². The van der Waals surface area contributed by atoms with Crippen LogP contribution >= 0.6 is 0 Å². The van der Waals surface area contributed by atoms with Crippen LogP contribution in [-0.2, 0) is 13.1 Å². The van der Waals surface area contributed by atoms with Crippen LogP contribution < -0.4 is 4.74 Å². The number of methoxy groups -OCH3 is 1. The molecule has 1 aromatic carbocycles. The summed E-state index contributed by atoms with van der Waals surface area (Å²) in [6, 6.07) is 10.2. The first-order chi connectivity index (χ1) is 14.7. The van der Waals surface area contributed by atoms with Gasteiger partial charge in [-0.2, -0.15) is 0 Å². The molecule has 30 heavy (non-hydrogen) atoms. The molecule has 0 unspecified atom stereocenters. The molecular formula is C25H34FN3O. The smallest absolute Gasteiger partial charge is 0.165 e. The number of pyridine rings is 1. The van der Waals surface area contributed by atoms with Gasteiger partial charge in [0.2, 0.25) is 0 Å². The quantitative estimate of drug-likeness (QED) is 0.619. The number of likely N-dealkylation sites (tertiary alicyclic amines) is 1. The zero-order valence-electron chi connectivity index (χ0n) is 18.1. The molecule has 0 bridgehead atoms. The van der Waals surface area contributed by atoms with Gasteiger partial charge in [0.05, 0.1) is 7.11 Å². The molecule has 0 N–H and O–H groups in total. The first-order valence-electron chi connectivity index (χ1n) is 11.4. The third-order valence-corrected chi connectivity index (χ3v) is 6.76. The molecule has 2 aromatic rings. The molecule has 1 aliphatic carbocycles. The summed E-state index contributed by atoms with van der Waals surface area (Å²) < 4.78 is 19.0. The maximum absolute atomic E-state index is 13.8. The standard InChI is InChI=1S/C25H34FN3O/c1-30-25-15-21(8-9-24(25)26)18-28(19-22-5-4-12-27-16-22)17-20-10-13-29(14-11-20)23-6-2-3-7-23/h4-5,8-9,12,15-16,20,23H,2-3,6-7,10-11,13-14,17-19H2,1H3. The predicted molar refractivity (Wildman–Crippen MR) is 118 cm³/mol. The SMILES string of the molecule is COc1cc(CN(Cc2cccnc2)CC2CCN(C3CCCC3)CC2)ccc1F. The van der Waals surface area contributed by atoms with Gasteiger partial charge in [-0.05, 0) is 74.0 Å². The van der Waals surface area contributed by atoms with Crippen LogP contribution in [0.2, 0.25) is 0 Å². The Labute approximate surface area is 180 Å². The van der Waals surface area contributed by atoms with Crippen LogP contribution in [0.4, 0.5) is 4.39 Å². The van der Waals surface area contributed by atoms with Gasteiger partial charge in [0.1, 0.15) is 0 Å². The van der Waals surface area contributed by atoms with Gasteiger partial charge < -0.3 is 9.64 Å². The Morgan fingerprint density at radius 1 is 1.07 bits per heavy atom. The Balaban J connectivity index is 1.40. The fourth-order valence-electron chi connectivity index (χ4n) is 5.13. The number of ether oxygens (including phenoxy) is 1. The number of rotatable bonds is 8. The van der Waals surface area contributed by atoms with Crippen molar-refractivity contribution < 1.29 is 9.13 Å². The van der Waals surface area contributed by atoms with Crippen molar-refractivity contribution in [2.75, 3.05) is 26.7 Å². The summed E-state index contributed by atoms with van der Waals surface area (Å²) in [5.41, 5.74) is 2.30. The van der Waals surface area contributed by atoms with Gasteiger partial charge in [-0.1, -0.05) is 25.0 Å². The number of halogens is 1. The first-order valence-corrected chi connectivity index (χ1v) is 11.4. The van der Waals surface area contributed by atoms with E-state index in [1.807, 2.05) is 30.6 Å². The number of hydrogen-bond acceptors (Lipinski definition) is 4. The summed E-state index contributed by atoms with van der Waals surface area (Å²) in [6.45, 7) is 5.18. The number of hydrogen-bond donors (Lipinski definition) is 0. The van der Waals surface area contributed by atoms with Crippen molar-refractivity contribution in [1.29, 1.82) is 0 Å². The van der Waals surface area contributed by atoms with E-state index in [1.165, 1.54) is 70.4 Å². The monoisotopic (exact) mass is 411 g/mol. The Morgan fingerprint density at radius 2 is 1.83 bits per heavy atom. The second kappa shape index (κ2) is 10.4. The van der Waals surface area contributed by atoms with Crippen LogP contribution in [0.3, 0.4) is 0 Å². The van der Waals surface area contributed by atoms with E-state index in [1.54, 1.807) is 0 Å². The Kier molecular flexibility index (Phi) is 7.34. The minimum absolute atomic E-state index is 0.306. The average Bonchev–Trinajstić information content (AvgIpc) is 3.31. The molecule has 4 nitrogen and oxygen atoms in total. The van der Waals surface area contributed by atoms with Crippen molar-refractivity contribution in [1.82, 2.24) is 14.8 Å². The maximum atomic E-state index is 13.8. The second-order valence-electron chi connectivity index (χ2n) is 8.92. The summed E-state index contributed by atoms with van der Waals surface area (Å²) in [4.78, 5) is 9.50. The lowest BCUT2D eigenvalue weighted by molar-refractivity contribution is 0.106. The van der Waals surface area contributed by atoms with Crippen LogP contribution in [-0.4, -0.2) is 47.6 Å². The van der Waals surface area contributed by atoms with Gasteiger partial charge in [0.15, 0.2) is 11.6 Å². The molecule has 1 aliphatic heterocycles. The van der Waals surface area contributed by atoms with E-state index in [0.29, 0.717) is 11.7 Å². The summed E-state index contributed by atoms with van der Waals surface area (Å²) >= 11 is 0. The van der Waals surface area contributed by atoms with Crippen LogP contribution in [0.5, 0.6) is 5.75 Å². The molecule has 5 heteroatoms. The highest BCUT2D eigenvalue weighted by molar-refractivity contribution is 5.30. The van der Waals surface area contributed by atoms with Crippen LogP contribution in [0, 0.1) is 11.7 Å². The van der Waals surface area contributed by atoms with Gasteiger partial charge in [0, 0.05) is 38.1 Å². The molecule has 162 valence electrons. The third kappa shape index (κ3) is 5.58. The minimum Gasteiger partial charge on any atom is -0.494 e. The molecule has 0 amide bonds. The molecular weight excluding hydrogens is 377 g/mol. The number of nitrogens with zero attached hydrogens (tertiary/aromatic N) is 3. The van der Waals surface area contributed by atoms with Crippen molar-refractivity contribution in [3.05, 3.63) is 59.7 Å². The molecule has 2 fully saturated rings. The zero-order valence-corrected chi connectivity index (χ0v) is 18.1. The van der Waals surface area contributed by atoms with Gasteiger partial charge in [-0.15, -0.1) is 0 Å². The van der Waals surface area contributed by atoms with E-state index in [0.717, 1.165) is 31.2 Å². The minimum atomic E-state index is -0.306. The fraction of sp³-hybridized carbons (Fsp3) is 0.560. The Morgan fingerprint density at radius 3 is 2.53 bits per heavy atom. The summed E-state index contributed by atoms with van der Waals surface area (Å²) in [6.07, 6.45) is 11.9. The van der Waals surface area contributed by atoms with Crippen molar-refractivity contribution in [3.8, 4) is 5.75 Å². The molecule has 2 aliphatic rings. The second-order valence-corrected chi connectivity index (χ2v) is 8.92. The molecule has 1 saturated carbocycles. The number of aromatic nitrogens is 1. The molecule has 0 atom stereocenters. The van der Waals surface area contributed by atoms with E-state index in [4.69, 9.17) is 4.74 Å². The van der Waals surface area contributed by atoms with Gasteiger partial charge in [0.25, 0.3) is 0 Å². The molecule has 0 radical (unpaired) electrons. The molecule has 4 rings (SSSR count). The van der Waals surface area contributed by atoms with Gasteiger partial charge in [-0.25, -0.2) is 4.39 Å². The maximum Gasteiger partial charge on any atom is 0.165 e. The van der Waals surface area contributed by atoms with E-state index in [9.17, 15) is 4.39 Å². The van der Waals surface area contributed by atoms with E-state index >= 15 is 0 Å². The largest absolute Gasteiger partial charge is 0.494 e. The highest BCUT2D eigenvalue weighted by atomic mass is 19.1. The van der Waals surface area contributed by atoms with E-state index < -0.39 is 0 Å². The lowest BCUT2D eigenvalue weighted by atomic mass is 9.94.